The predicted octanol–water partition coefficient (Wildman–Crippen LogP) is 4.56. The minimum atomic E-state index is -5.75. The maximum atomic E-state index is 13.0. The van der Waals surface area contributed by atoms with Crippen LogP contribution in [0.4, 0.5) is 22.0 Å². The van der Waals surface area contributed by atoms with Crippen molar-refractivity contribution in [2.45, 2.75) is 23.0 Å². The molecule has 3 heterocycles. The van der Waals surface area contributed by atoms with Crippen molar-refractivity contribution in [2.75, 3.05) is 6.61 Å². The van der Waals surface area contributed by atoms with E-state index in [1.807, 2.05) is 0 Å². The average Bonchev–Trinajstić information content (AvgIpc) is 3.16. The van der Waals surface area contributed by atoms with Crippen molar-refractivity contribution in [2.24, 2.45) is 0 Å². The van der Waals surface area contributed by atoms with Gasteiger partial charge in [0, 0.05) is 23.0 Å². The van der Waals surface area contributed by atoms with Gasteiger partial charge in [0.2, 0.25) is 0 Å². The molecule has 3 aromatic heterocycles. The number of aromatic amines is 1. The summed E-state index contributed by atoms with van der Waals surface area (Å²) in [6, 6.07) is 1.07. The van der Waals surface area contributed by atoms with Gasteiger partial charge in [-0.25, -0.2) is 4.98 Å². The van der Waals surface area contributed by atoms with E-state index in [0.29, 0.717) is 11.0 Å². The van der Waals surface area contributed by atoms with Gasteiger partial charge in [-0.3, -0.25) is 9.19 Å². The van der Waals surface area contributed by atoms with Gasteiger partial charge in [0.25, 0.3) is 0 Å². The molecule has 13 heteroatoms. The summed E-state index contributed by atoms with van der Waals surface area (Å²) >= 11 is 7.14. The van der Waals surface area contributed by atoms with Crippen LogP contribution in [0.15, 0.2) is 28.2 Å². The Kier molecular flexibility index (Phi) is 5.41. The standard InChI is InChI=1S/C14H9ClF5N3O2S2/c15-8-2-21-7(1-11(8)25-6-13(16,17)14(18,19)20)5-27(24)12-22-9-3-26-4-10(9)23-12/h1-4H,5-6H2,(H,22,23). The number of nitrogens with one attached hydrogen (secondary N) is 1. The molecule has 5 nitrogen and oxygen atoms in total. The molecule has 0 aliphatic rings. The Morgan fingerprint density at radius 2 is 2.00 bits per heavy atom. The van der Waals surface area contributed by atoms with E-state index < -0.39 is 35.3 Å². The van der Waals surface area contributed by atoms with E-state index in [2.05, 4.69) is 19.7 Å². The van der Waals surface area contributed by atoms with Gasteiger partial charge in [0.15, 0.2) is 11.8 Å². The Bertz CT molecular complexity index is 960. The third-order valence-electron chi connectivity index (χ3n) is 3.30. The first kappa shape index (κ1) is 20.0. The topological polar surface area (TPSA) is 67.9 Å². The highest BCUT2D eigenvalue weighted by Gasteiger charge is 2.58. The molecule has 0 aliphatic heterocycles. The molecule has 0 saturated carbocycles. The fraction of sp³-hybridized carbons (Fsp3) is 0.286. The fourth-order valence-corrected chi connectivity index (χ4v) is 3.77. The minimum Gasteiger partial charge on any atom is -0.485 e. The predicted molar refractivity (Wildman–Crippen MR) is 89.8 cm³/mol. The molecule has 0 amide bonds. The molecule has 1 N–H and O–H groups in total. The molecule has 0 spiro atoms. The van der Waals surface area contributed by atoms with Crippen molar-refractivity contribution >= 4 is 44.8 Å². The summed E-state index contributed by atoms with van der Waals surface area (Å²) in [5, 5.41) is 3.49. The molecule has 27 heavy (non-hydrogen) atoms. The molecule has 1 atom stereocenters. The van der Waals surface area contributed by atoms with Crippen molar-refractivity contribution in [3.05, 3.63) is 33.7 Å². The Morgan fingerprint density at radius 3 is 2.67 bits per heavy atom. The maximum absolute atomic E-state index is 13.0. The Hall–Kier alpha value is -1.79. The lowest BCUT2D eigenvalue weighted by molar-refractivity contribution is -0.290. The lowest BCUT2D eigenvalue weighted by Crippen LogP contribution is -2.41. The van der Waals surface area contributed by atoms with E-state index in [0.717, 1.165) is 12.3 Å². The Balaban J connectivity index is 1.73. The third kappa shape index (κ3) is 4.38. The van der Waals surface area contributed by atoms with Crippen LogP contribution < -0.4 is 4.74 Å². The second-order valence-corrected chi connectivity index (χ2v) is 7.82. The van der Waals surface area contributed by atoms with Crippen LogP contribution in [0.3, 0.4) is 0 Å². The van der Waals surface area contributed by atoms with Crippen molar-refractivity contribution in [1.82, 2.24) is 15.0 Å². The number of imidazole rings is 1. The molecular formula is C14H9ClF5N3O2S2. The van der Waals surface area contributed by atoms with Crippen LogP contribution in [0.5, 0.6) is 5.75 Å². The van der Waals surface area contributed by atoms with Gasteiger partial charge >= 0.3 is 12.1 Å². The Labute approximate surface area is 160 Å². The van der Waals surface area contributed by atoms with Crippen molar-refractivity contribution in [3.8, 4) is 5.75 Å². The van der Waals surface area contributed by atoms with Crippen LogP contribution in [-0.4, -0.2) is 37.9 Å². The highest BCUT2D eigenvalue weighted by atomic mass is 35.5. The summed E-state index contributed by atoms with van der Waals surface area (Å²) in [5.41, 5.74) is 1.48. The number of thiophene rings is 1. The normalized spacial score (nSPS) is 13.9. The molecule has 3 rings (SSSR count). The first-order valence-electron chi connectivity index (χ1n) is 7.09. The SMILES string of the molecule is O=S(Cc1cc(OCC(F)(F)C(F)(F)F)c(Cl)cn1)c1nc2cscc2[nH]1. The lowest BCUT2D eigenvalue weighted by atomic mass is 10.3. The number of halogens is 6. The highest BCUT2D eigenvalue weighted by Crippen LogP contribution is 2.36. The van der Waals surface area contributed by atoms with Gasteiger partial charge in [-0.1, -0.05) is 11.6 Å². The minimum absolute atomic E-state index is 0.127. The van der Waals surface area contributed by atoms with E-state index in [1.165, 1.54) is 11.3 Å². The van der Waals surface area contributed by atoms with Crippen LogP contribution in [0.1, 0.15) is 5.69 Å². The quantitative estimate of drug-likeness (QED) is 0.565. The van der Waals surface area contributed by atoms with Crippen LogP contribution in [-0.2, 0) is 16.6 Å². The summed E-state index contributed by atoms with van der Waals surface area (Å²) in [6.07, 6.45) is -4.72. The van der Waals surface area contributed by atoms with E-state index in [1.54, 1.807) is 10.8 Å². The number of hydrogen-bond donors (Lipinski definition) is 1. The first-order chi connectivity index (χ1) is 12.6. The third-order valence-corrected chi connectivity index (χ3v) is 5.50. The molecule has 0 radical (unpaired) electrons. The zero-order valence-electron chi connectivity index (χ0n) is 13.0. The molecule has 146 valence electrons. The first-order valence-corrected chi connectivity index (χ1v) is 9.73. The van der Waals surface area contributed by atoms with Crippen molar-refractivity contribution in [3.63, 3.8) is 0 Å². The number of pyridine rings is 1. The average molecular weight is 446 g/mol. The molecule has 0 fully saturated rings. The monoisotopic (exact) mass is 445 g/mol. The van der Waals surface area contributed by atoms with E-state index in [9.17, 15) is 26.2 Å². The number of alkyl halides is 5. The second-order valence-electron chi connectivity index (χ2n) is 5.30. The maximum Gasteiger partial charge on any atom is 0.456 e. The lowest BCUT2D eigenvalue weighted by Gasteiger charge is -2.20. The zero-order valence-corrected chi connectivity index (χ0v) is 15.4. The number of aromatic nitrogens is 3. The van der Waals surface area contributed by atoms with Gasteiger partial charge in [-0.2, -0.15) is 22.0 Å². The molecular weight excluding hydrogens is 437 g/mol. The van der Waals surface area contributed by atoms with Crippen LogP contribution in [0.25, 0.3) is 11.0 Å². The number of hydrogen-bond acceptors (Lipinski definition) is 5. The number of ether oxygens (including phenoxy) is 1. The fourth-order valence-electron chi connectivity index (χ4n) is 1.93. The zero-order chi connectivity index (χ0) is 19.8. The summed E-state index contributed by atoms with van der Waals surface area (Å²) in [7, 11) is -1.65. The summed E-state index contributed by atoms with van der Waals surface area (Å²) < 4.78 is 79.5. The van der Waals surface area contributed by atoms with Crippen LogP contribution in [0.2, 0.25) is 5.02 Å². The number of H-pyrrole nitrogens is 1. The van der Waals surface area contributed by atoms with Gasteiger partial charge in [0.05, 0.1) is 27.8 Å². The second kappa shape index (κ2) is 7.32. The number of fused-ring (bicyclic) bond motifs is 1. The van der Waals surface area contributed by atoms with Gasteiger partial charge < -0.3 is 9.72 Å². The van der Waals surface area contributed by atoms with Crippen LogP contribution >= 0.6 is 22.9 Å². The van der Waals surface area contributed by atoms with Crippen molar-refractivity contribution < 1.29 is 30.9 Å². The van der Waals surface area contributed by atoms with E-state index >= 15 is 0 Å². The Morgan fingerprint density at radius 1 is 1.26 bits per heavy atom. The van der Waals surface area contributed by atoms with Gasteiger partial charge in [-0.05, 0) is 0 Å². The van der Waals surface area contributed by atoms with E-state index in [-0.39, 0.29) is 21.6 Å². The van der Waals surface area contributed by atoms with Gasteiger partial charge in [-0.15, -0.1) is 11.3 Å². The molecule has 0 saturated heterocycles. The molecule has 0 bridgehead atoms. The molecule has 1 unspecified atom stereocenters. The van der Waals surface area contributed by atoms with Crippen molar-refractivity contribution in [1.29, 1.82) is 0 Å². The number of rotatable bonds is 6. The highest BCUT2D eigenvalue weighted by molar-refractivity contribution is 7.84. The molecule has 3 aromatic rings. The number of nitrogens with zero attached hydrogens (tertiary/aromatic N) is 2. The van der Waals surface area contributed by atoms with E-state index in [4.69, 9.17) is 11.6 Å². The van der Waals surface area contributed by atoms with Crippen LogP contribution in [0, 0.1) is 0 Å². The van der Waals surface area contributed by atoms with Gasteiger partial charge in [0.1, 0.15) is 16.3 Å². The molecule has 0 aliphatic carbocycles. The largest absolute Gasteiger partial charge is 0.485 e. The summed E-state index contributed by atoms with van der Waals surface area (Å²) in [6.45, 7) is -1.93. The summed E-state index contributed by atoms with van der Waals surface area (Å²) in [5.74, 6) is -5.62. The summed E-state index contributed by atoms with van der Waals surface area (Å²) in [4.78, 5) is 10.9. The smallest absolute Gasteiger partial charge is 0.456 e. The molecule has 0 aromatic carbocycles.